The fourth-order valence-electron chi connectivity index (χ4n) is 2.30. The SMILES string of the molecule is CN(CC(=O)O)C1CCN(c2cccc(Cl)c2)C1=O. The lowest BCUT2D eigenvalue weighted by Gasteiger charge is -2.22. The Morgan fingerprint density at radius 3 is 2.95 bits per heavy atom. The molecule has 0 radical (unpaired) electrons. The number of aliphatic carboxylic acids is 1. The molecule has 1 atom stereocenters. The Hall–Kier alpha value is -1.59. The highest BCUT2D eigenvalue weighted by molar-refractivity contribution is 6.30. The first-order valence-electron chi connectivity index (χ1n) is 5.98. The highest BCUT2D eigenvalue weighted by atomic mass is 35.5. The average Bonchev–Trinajstić information content (AvgIpc) is 2.70. The number of hydrogen-bond donors (Lipinski definition) is 1. The number of nitrogens with zero attached hydrogens (tertiary/aromatic N) is 2. The predicted octanol–water partition coefficient (Wildman–Crippen LogP) is 1.46. The van der Waals surface area contributed by atoms with Gasteiger partial charge >= 0.3 is 5.97 Å². The van der Waals surface area contributed by atoms with E-state index in [0.29, 0.717) is 18.0 Å². The Kier molecular flexibility index (Phi) is 4.07. The second-order valence-corrected chi connectivity index (χ2v) is 5.02. The van der Waals surface area contributed by atoms with E-state index in [1.807, 2.05) is 6.07 Å². The van der Waals surface area contributed by atoms with E-state index in [2.05, 4.69) is 0 Å². The maximum absolute atomic E-state index is 12.3. The molecule has 0 saturated carbocycles. The Bertz CT molecular complexity index is 506. The molecule has 1 aromatic rings. The maximum atomic E-state index is 12.3. The second-order valence-electron chi connectivity index (χ2n) is 4.58. The summed E-state index contributed by atoms with van der Waals surface area (Å²) in [7, 11) is 1.65. The molecule has 1 aromatic carbocycles. The molecule has 2 rings (SSSR count). The van der Waals surface area contributed by atoms with E-state index in [9.17, 15) is 9.59 Å². The van der Waals surface area contributed by atoms with Crippen LogP contribution in [0.3, 0.4) is 0 Å². The summed E-state index contributed by atoms with van der Waals surface area (Å²) in [4.78, 5) is 26.2. The predicted molar refractivity (Wildman–Crippen MR) is 72.5 cm³/mol. The Balaban J connectivity index is 2.11. The van der Waals surface area contributed by atoms with E-state index in [1.165, 1.54) is 0 Å². The van der Waals surface area contributed by atoms with Crippen LogP contribution in [0.25, 0.3) is 0 Å². The standard InChI is InChI=1S/C13H15ClN2O3/c1-15(8-12(17)18)11-5-6-16(13(11)19)10-4-2-3-9(14)7-10/h2-4,7,11H,5-6,8H2,1H3,(H,17,18). The lowest BCUT2D eigenvalue weighted by Crippen LogP contribution is -2.42. The zero-order chi connectivity index (χ0) is 14.0. The van der Waals surface area contributed by atoms with Gasteiger partial charge in [-0.25, -0.2) is 0 Å². The zero-order valence-electron chi connectivity index (χ0n) is 10.5. The van der Waals surface area contributed by atoms with Gasteiger partial charge in [-0.15, -0.1) is 0 Å². The van der Waals surface area contributed by atoms with Crippen LogP contribution in [0.1, 0.15) is 6.42 Å². The zero-order valence-corrected chi connectivity index (χ0v) is 11.3. The van der Waals surface area contributed by atoms with E-state index in [1.54, 1.807) is 35.0 Å². The molecule has 102 valence electrons. The van der Waals surface area contributed by atoms with Gasteiger partial charge in [0.15, 0.2) is 0 Å². The topological polar surface area (TPSA) is 60.9 Å². The van der Waals surface area contributed by atoms with Crippen molar-refractivity contribution < 1.29 is 14.7 Å². The minimum absolute atomic E-state index is 0.0778. The number of anilines is 1. The van der Waals surface area contributed by atoms with Crippen LogP contribution in [0.4, 0.5) is 5.69 Å². The van der Waals surface area contributed by atoms with E-state index >= 15 is 0 Å². The van der Waals surface area contributed by atoms with Gasteiger partial charge in [0.25, 0.3) is 0 Å². The number of rotatable bonds is 4. The molecule has 1 amide bonds. The molecule has 1 heterocycles. The number of carbonyl (C=O) groups excluding carboxylic acids is 1. The third-order valence-corrected chi connectivity index (χ3v) is 3.45. The van der Waals surface area contributed by atoms with Crippen LogP contribution in [0.15, 0.2) is 24.3 Å². The molecular formula is C13H15ClN2O3. The first kappa shape index (κ1) is 13.8. The molecule has 0 aliphatic carbocycles. The highest BCUT2D eigenvalue weighted by Crippen LogP contribution is 2.26. The minimum Gasteiger partial charge on any atom is -0.480 e. The molecule has 19 heavy (non-hydrogen) atoms. The smallest absolute Gasteiger partial charge is 0.317 e. The molecule has 1 aliphatic heterocycles. The summed E-state index contributed by atoms with van der Waals surface area (Å²) >= 11 is 5.91. The van der Waals surface area contributed by atoms with E-state index < -0.39 is 5.97 Å². The molecule has 1 aliphatic rings. The number of amides is 1. The molecule has 1 fully saturated rings. The summed E-state index contributed by atoms with van der Waals surface area (Å²) in [6.45, 7) is 0.438. The normalized spacial score (nSPS) is 19.2. The maximum Gasteiger partial charge on any atom is 0.317 e. The number of carboxylic acid groups (broad SMARTS) is 1. The van der Waals surface area contributed by atoms with Crippen molar-refractivity contribution in [2.45, 2.75) is 12.5 Å². The van der Waals surface area contributed by atoms with Crippen molar-refractivity contribution in [3.05, 3.63) is 29.3 Å². The van der Waals surface area contributed by atoms with Crippen LogP contribution in [-0.4, -0.2) is 48.1 Å². The quantitative estimate of drug-likeness (QED) is 0.908. The molecule has 1 saturated heterocycles. The molecular weight excluding hydrogens is 268 g/mol. The van der Waals surface area contributed by atoms with Crippen molar-refractivity contribution in [1.29, 1.82) is 0 Å². The summed E-state index contributed by atoms with van der Waals surface area (Å²) in [6.07, 6.45) is 0.620. The average molecular weight is 283 g/mol. The Labute approximate surface area is 116 Å². The fourth-order valence-corrected chi connectivity index (χ4v) is 2.48. The number of carboxylic acids is 1. The van der Waals surface area contributed by atoms with Gasteiger partial charge in [0.1, 0.15) is 0 Å². The monoisotopic (exact) mass is 282 g/mol. The van der Waals surface area contributed by atoms with E-state index in [-0.39, 0.29) is 18.5 Å². The molecule has 6 heteroatoms. The highest BCUT2D eigenvalue weighted by Gasteiger charge is 2.35. The van der Waals surface area contributed by atoms with Crippen LogP contribution in [0.2, 0.25) is 5.02 Å². The van der Waals surface area contributed by atoms with Crippen molar-refractivity contribution in [3.8, 4) is 0 Å². The van der Waals surface area contributed by atoms with Gasteiger partial charge in [-0.3, -0.25) is 14.5 Å². The summed E-state index contributed by atoms with van der Waals surface area (Å²) in [5, 5.41) is 9.34. The lowest BCUT2D eigenvalue weighted by molar-refractivity contribution is -0.138. The van der Waals surface area contributed by atoms with Crippen molar-refractivity contribution in [2.24, 2.45) is 0 Å². The minimum atomic E-state index is -0.934. The van der Waals surface area contributed by atoms with Crippen molar-refractivity contribution in [1.82, 2.24) is 4.90 Å². The van der Waals surface area contributed by atoms with Crippen LogP contribution in [-0.2, 0) is 9.59 Å². The number of hydrogen-bond acceptors (Lipinski definition) is 3. The van der Waals surface area contributed by atoms with Gasteiger partial charge < -0.3 is 10.0 Å². The number of likely N-dealkylation sites (N-methyl/N-ethyl adjacent to an activating group) is 1. The van der Waals surface area contributed by atoms with Crippen LogP contribution in [0, 0.1) is 0 Å². The van der Waals surface area contributed by atoms with Gasteiger partial charge in [-0.1, -0.05) is 17.7 Å². The van der Waals surface area contributed by atoms with Crippen molar-refractivity contribution >= 4 is 29.2 Å². The molecule has 5 nitrogen and oxygen atoms in total. The van der Waals surface area contributed by atoms with Gasteiger partial charge in [0.05, 0.1) is 12.6 Å². The largest absolute Gasteiger partial charge is 0.480 e. The first-order valence-corrected chi connectivity index (χ1v) is 6.36. The third kappa shape index (κ3) is 3.05. The number of carbonyl (C=O) groups is 2. The molecule has 1 N–H and O–H groups in total. The Morgan fingerprint density at radius 2 is 2.32 bits per heavy atom. The number of benzene rings is 1. The van der Waals surface area contributed by atoms with Crippen LogP contribution < -0.4 is 4.90 Å². The Morgan fingerprint density at radius 1 is 1.58 bits per heavy atom. The summed E-state index contributed by atoms with van der Waals surface area (Å²) in [5.41, 5.74) is 0.753. The van der Waals surface area contributed by atoms with Gasteiger partial charge in [0.2, 0.25) is 5.91 Å². The van der Waals surface area contributed by atoms with Crippen molar-refractivity contribution in [3.63, 3.8) is 0 Å². The molecule has 0 spiro atoms. The number of halogens is 1. The van der Waals surface area contributed by atoms with Crippen LogP contribution in [0.5, 0.6) is 0 Å². The van der Waals surface area contributed by atoms with Crippen LogP contribution >= 0.6 is 11.6 Å². The second kappa shape index (κ2) is 5.59. The molecule has 0 bridgehead atoms. The summed E-state index contributed by atoms with van der Waals surface area (Å²) < 4.78 is 0. The van der Waals surface area contributed by atoms with Gasteiger partial charge in [0, 0.05) is 17.3 Å². The third-order valence-electron chi connectivity index (χ3n) is 3.21. The summed E-state index contributed by atoms with van der Waals surface area (Å²) in [6, 6.07) is 6.72. The summed E-state index contributed by atoms with van der Waals surface area (Å²) in [5.74, 6) is -1.01. The fraction of sp³-hybridized carbons (Fsp3) is 0.385. The molecule has 1 unspecified atom stereocenters. The molecule has 0 aromatic heterocycles. The van der Waals surface area contributed by atoms with Gasteiger partial charge in [-0.05, 0) is 31.7 Å². The lowest BCUT2D eigenvalue weighted by atomic mass is 10.2. The van der Waals surface area contributed by atoms with E-state index in [4.69, 9.17) is 16.7 Å². The van der Waals surface area contributed by atoms with Gasteiger partial charge in [-0.2, -0.15) is 0 Å². The first-order chi connectivity index (χ1) is 8.99. The van der Waals surface area contributed by atoms with Crippen molar-refractivity contribution in [2.75, 3.05) is 25.0 Å². The van der Waals surface area contributed by atoms with E-state index in [0.717, 1.165) is 5.69 Å².